The number of aliphatic hydroxyl groups is 1. The van der Waals surface area contributed by atoms with E-state index in [1.165, 1.54) is 0 Å². The lowest BCUT2D eigenvalue weighted by atomic mass is 10.2. The zero-order valence-corrected chi connectivity index (χ0v) is 14.4. The van der Waals surface area contributed by atoms with Gasteiger partial charge in [-0.3, -0.25) is 4.90 Å². The van der Waals surface area contributed by atoms with Crippen molar-refractivity contribution in [2.75, 3.05) is 6.54 Å². The van der Waals surface area contributed by atoms with Gasteiger partial charge in [-0.2, -0.15) is 4.98 Å². The summed E-state index contributed by atoms with van der Waals surface area (Å²) in [6.45, 7) is 1.68. The van der Waals surface area contributed by atoms with E-state index in [9.17, 15) is 5.11 Å². The smallest absolute Gasteiger partial charge is 0.240 e. The molecule has 0 bridgehead atoms. The van der Waals surface area contributed by atoms with Gasteiger partial charge in [0.25, 0.3) is 0 Å². The van der Waals surface area contributed by atoms with E-state index in [4.69, 9.17) is 14.7 Å². The molecule has 1 unspecified atom stereocenters. The Kier molecular flexibility index (Phi) is 7.15. The van der Waals surface area contributed by atoms with Gasteiger partial charge in [0.15, 0.2) is 5.82 Å². The van der Waals surface area contributed by atoms with E-state index in [1.54, 1.807) is 18.4 Å². The summed E-state index contributed by atoms with van der Waals surface area (Å²) in [5, 5.41) is 14.3. The molecule has 25 heavy (non-hydrogen) atoms. The third-order valence-corrected chi connectivity index (χ3v) is 3.60. The van der Waals surface area contributed by atoms with Gasteiger partial charge in [-0.15, -0.1) is 12.4 Å². The fourth-order valence-corrected chi connectivity index (χ4v) is 2.48. The molecule has 0 aliphatic carbocycles. The minimum Gasteiger partial charge on any atom is -0.467 e. The molecule has 1 atom stereocenters. The lowest BCUT2D eigenvalue weighted by Crippen LogP contribution is -2.28. The molecule has 0 amide bonds. The predicted octanol–water partition coefficient (Wildman–Crippen LogP) is 2.28. The highest BCUT2D eigenvalue weighted by atomic mass is 35.5. The molecule has 7 nitrogen and oxygen atoms in total. The second kappa shape index (κ2) is 9.33. The molecule has 0 radical (unpaired) electrons. The number of aromatic nitrogens is 2. The lowest BCUT2D eigenvalue weighted by Gasteiger charge is -2.23. The van der Waals surface area contributed by atoms with Crippen molar-refractivity contribution in [1.82, 2.24) is 15.0 Å². The Hall–Kier alpha value is -2.19. The highest BCUT2D eigenvalue weighted by molar-refractivity contribution is 5.85. The van der Waals surface area contributed by atoms with Crippen molar-refractivity contribution in [3.63, 3.8) is 0 Å². The molecule has 1 aromatic carbocycles. The molecule has 0 aliphatic rings. The van der Waals surface area contributed by atoms with E-state index < -0.39 is 6.10 Å². The first-order valence-corrected chi connectivity index (χ1v) is 7.74. The SMILES string of the molecule is Cl.NCc1nc(CN(Cc2ccccc2)CC(O)c2ccco2)no1. The highest BCUT2D eigenvalue weighted by Gasteiger charge is 2.18. The molecule has 2 heterocycles. The minimum atomic E-state index is -0.732. The summed E-state index contributed by atoms with van der Waals surface area (Å²) < 4.78 is 10.3. The van der Waals surface area contributed by atoms with Gasteiger partial charge < -0.3 is 19.8 Å². The summed E-state index contributed by atoms with van der Waals surface area (Å²) in [4.78, 5) is 6.27. The van der Waals surface area contributed by atoms with Crippen LogP contribution in [0, 0.1) is 0 Å². The molecule has 0 spiro atoms. The van der Waals surface area contributed by atoms with Gasteiger partial charge in [0.2, 0.25) is 5.89 Å². The van der Waals surface area contributed by atoms with E-state index in [0.29, 0.717) is 37.1 Å². The van der Waals surface area contributed by atoms with E-state index in [2.05, 4.69) is 10.1 Å². The van der Waals surface area contributed by atoms with Crippen molar-refractivity contribution in [3.8, 4) is 0 Å². The summed E-state index contributed by atoms with van der Waals surface area (Å²) in [6.07, 6.45) is 0.817. The van der Waals surface area contributed by atoms with Crippen LogP contribution in [-0.4, -0.2) is 26.7 Å². The summed E-state index contributed by atoms with van der Waals surface area (Å²) >= 11 is 0. The predicted molar refractivity (Wildman–Crippen MR) is 93.7 cm³/mol. The van der Waals surface area contributed by atoms with Crippen LogP contribution in [0.1, 0.15) is 29.1 Å². The van der Waals surface area contributed by atoms with Crippen LogP contribution >= 0.6 is 12.4 Å². The standard InChI is InChI=1S/C17H20N4O3.ClH/c18-9-17-19-16(20-24-17)12-21(10-13-5-2-1-3-6-13)11-14(22)15-7-4-8-23-15;/h1-8,14,22H,9-12,18H2;1H. The zero-order valence-electron chi connectivity index (χ0n) is 13.6. The Morgan fingerprint density at radius 2 is 1.92 bits per heavy atom. The number of halogens is 1. The van der Waals surface area contributed by atoms with Gasteiger partial charge in [-0.05, 0) is 17.7 Å². The number of nitrogens with zero attached hydrogens (tertiary/aromatic N) is 3. The number of aliphatic hydroxyl groups excluding tert-OH is 1. The first-order valence-electron chi connectivity index (χ1n) is 7.74. The maximum Gasteiger partial charge on any atom is 0.240 e. The van der Waals surface area contributed by atoms with E-state index in [-0.39, 0.29) is 19.0 Å². The average molecular weight is 365 g/mol. The van der Waals surface area contributed by atoms with Gasteiger partial charge in [-0.25, -0.2) is 0 Å². The van der Waals surface area contributed by atoms with E-state index in [0.717, 1.165) is 5.56 Å². The molecule has 0 saturated carbocycles. The van der Waals surface area contributed by atoms with Crippen LogP contribution in [0.2, 0.25) is 0 Å². The summed E-state index contributed by atoms with van der Waals surface area (Å²) in [7, 11) is 0. The van der Waals surface area contributed by atoms with Crippen LogP contribution < -0.4 is 5.73 Å². The van der Waals surface area contributed by atoms with Crippen molar-refractivity contribution < 1.29 is 14.0 Å². The number of benzene rings is 1. The summed E-state index contributed by atoms with van der Waals surface area (Å²) in [6, 6.07) is 13.5. The highest BCUT2D eigenvalue weighted by Crippen LogP contribution is 2.17. The Morgan fingerprint density at radius 3 is 2.56 bits per heavy atom. The van der Waals surface area contributed by atoms with Gasteiger partial charge in [0.1, 0.15) is 11.9 Å². The van der Waals surface area contributed by atoms with Crippen LogP contribution in [0.5, 0.6) is 0 Å². The van der Waals surface area contributed by atoms with Crippen LogP contribution in [0.25, 0.3) is 0 Å². The molecule has 8 heteroatoms. The second-order valence-electron chi connectivity index (χ2n) is 5.49. The van der Waals surface area contributed by atoms with Gasteiger partial charge in [-0.1, -0.05) is 35.5 Å². The van der Waals surface area contributed by atoms with E-state index >= 15 is 0 Å². The van der Waals surface area contributed by atoms with Gasteiger partial charge in [0.05, 0.1) is 19.4 Å². The second-order valence-corrected chi connectivity index (χ2v) is 5.49. The van der Waals surface area contributed by atoms with Crippen LogP contribution in [0.15, 0.2) is 57.7 Å². The molecule has 0 fully saturated rings. The molecule has 0 aliphatic heterocycles. The fourth-order valence-electron chi connectivity index (χ4n) is 2.48. The molecule has 3 rings (SSSR count). The molecule has 3 aromatic rings. The summed E-state index contributed by atoms with van der Waals surface area (Å²) in [5.74, 6) is 1.47. The van der Waals surface area contributed by atoms with Crippen molar-refractivity contribution >= 4 is 12.4 Å². The first kappa shape index (κ1) is 19.1. The van der Waals surface area contributed by atoms with Crippen molar-refractivity contribution in [2.24, 2.45) is 5.73 Å². The van der Waals surface area contributed by atoms with Crippen LogP contribution in [-0.2, 0) is 19.6 Å². The monoisotopic (exact) mass is 364 g/mol. The Balaban J connectivity index is 0.00000225. The summed E-state index contributed by atoms with van der Waals surface area (Å²) in [5.41, 5.74) is 6.63. The molecular formula is C17H21ClN4O3. The van der Waals surface area contributed by atoms with Crippen molar-refractivity contribution in [3.05, 3.63) is 71.8 Å². The number of hydrogen-bond acceptors (Lipinski definition) is 7. The molecule has 134 valence electrons. The maximum atomic E-state index is 10.4. The minimum absolute atomic E-state index is 0. The zero-order chi connectivity index (χ0) is 16.8. The normalized spacial score (nSPS) is 12.1. The number of furan rings is 1. The molecule has 0 saturated heterocycles. The third kappa shape index (κ3) is 5.40. The molecule has 3 N–H and O–H groups in total. The largest absolute Gasteiger partial charge is 0.467 e. The van der Waals surface area contributed by atoms with Gasteiger partial charge in [0, 0.05) is 13.1 Å². The fraction of sp³-hybridized carbons (Fsp3) is 0.294. The number of nitrogens with two attached hydrogens (primary N) is 1. The maximum absolute atomic E-state index is 10.4. The Bertz CT molecular complexity index is 733. The first-order chi connectivity index (χ1) is 11.7. The number of hydrogen-bond donors (Lipinski definition) is 2. The number of rotatable bonds is 8. The molecular weight excluding hydrogens is 344 g/mol. The van der Waals surface area contributed by atoms with Crippen molar-refractivity contribution in [1.29, 1.82) is 0 Å². The lowest BCUT2D eigenvalue weighted by molar-refractivity contribution is 0.0856. The van der Waals surface area contributed by atoms with Gasteiger partial charge >= 0.3 is 0 Å². The average Bonchev–Trinajstić information content (AvgIpc) is 3.27. The quantitative estimate of drug-likeness (QED) is 0.632. The Labute approximate surface area is 151 Å². The van der Waals surface area contributed by atoms with E-state index in [1.807, 2.05) is 35.2 Å². The van der Waals surface area contributed by atoms with Crippen molar-refractivity contribution in [2.45, 2.75) is 25.7 Å². The topological polar surface area (TPSA) is 102 Å². The van der Waals surface area contributed by atoms with Crippen LogP contribution in [0.3, 0.4) is 0 Å². The Morgan fingerprint density at radius 1 is 1.12 bits per heavy atom. The molecule has 2 aromatic heterocycles. The van der Waals surface area contributed by atoms with Crippen LogP contribution in [0.4, 0.5) is 0 Å². The third-order valence-electron chi connectivity index (χ3n) is 3.60.